The normalized spacial score (nSPS) is 10.4. The predicted octanol–water partition coefficient (Wildman–Crippen LogP) is 1.68. The molecular formula is C12H15ClN2O3. The fourth-order valence-electron chi connectivity index (χ4n) is 1.34. The molecule has 0 fully saturated rings. The van der Waals surface area contributed by atoms with Crippen LogP contribution in [0.15, 0.2) is 24.3 Å². The summed E-state index contributed by atoms with van der Waals surface area (Å²) in [6, 6.07) is 6.78. The molecule has 0 unspecified atom stereocenters. The largest absolute Gasteiger partial charge is 0.481 e. The highest BCUT2D eigenvalue weighted by molar-refractivity contribution is 6.30. The Labute approximate surface area is 110 Å². The van der Waals surface area contributed by atoms with Crippen LogP contribution >= 0.6 is 11.6 Å². The van der Waals surface area contributed by atoms with Crippen molar-refractivity contribution < 1.29 is 14.7 Å². The number of amides is 1. The van der Waals surface area contributed by atoms with E-state index in [4.69, 9.17) is 16.7 Å². The summed E-state index contributed by atoms with van der Waals surface area (Å²) >= 11 is 5.73. The van der Waals surface area contributed by atoms with Gasteiger partial charge in [-0.1, -0.05) is 11.6 Å². The SMILES string of the molecule is CN(CCC(=O)O)CC(=O)Nc1ccc(Cl)cc1. The van der Waals surface area contributed by atoms with E-state index >= 15 is 0 Å². The van der Waals surface area contributed by atoms with E-state index in [9.17, 15) is 9.59 Å². The minimum atomic E-state index is -0.875. The van der Waals surface area contributed by atoms with Gasteiger partial charge in [-0.05, 0) is 31.3 Å². The molecule has 5 nitrogen and oxygen atoms in total. The van der Waals surface area contributed by atoms with Crippen molar-refractivity contribution in [3.8, 4) is 0 Å². The number of hydrogen-bond donors (Lipinski definition) is 2. The van der Waals surface area contributed by atoms with Crippen LogP contribution in [0.25, 0.3) is 0 Å². The fraction of sp³-hybridized carbons (Fsp3) is 0.333. The molecular weight excluding hydrogens is 256 g/mol. The number of rotatable bonds is 6. The van der Waals surface area contributed by atoms with E-state index < -0.39 is 5.97 Å². The Bertz CT molecular complexity index is 420. The first-order valence-corrected chi connectivity index (χ1v) is 5.81. The minimum absolute atomic E-state index is 0.0186. The van der Waals surface area contributed by atoms with Crippen molar-refractivity contribution in [2.24, 2.45) is 0 Å². The van der Waals surface area contributed by atoms with E-state index in [1.165, 1.54) is 0 Å². The lowest BCUT2D eigenvalue weighted by atomic mass is 10.3. The quantitative estimate of drug-likeness (QED) is 0.825. The minimum Gasteiger partial charge on any atom is -0.481 e. The smallest absolute Gasteiger partial charge is 0.304 e. The number of aliphatic carboxylic acids is 1. The second-order valence-electron chi connectivity index (χ2n) is 3.94. The van der Waals surface area contributed by atoms with Crippen LogP contribution in [0.1, 0.15) is 6.42 Å². The number of nitrogens with one attached hydrogen (secondary N) is 1. The molecule has 1 aromatic rings. The summed E-state index contributed by atoms with van der Waals surface area (Å²) in [5.74, 6) is -1.06. The maximum atomic E-state index is 11.6. The zero-order chi connectivity index (χ0) is 13.5. The van der Waals surface area contributed by atoms with Gasteiger partial charge in [0.15, 0.2) is 0 Å². The maximum absolute atomic E-state index is 11.6. The molecule has 0 radical (unpaired) electrons. The first-order chi connectivity index (χ1) is 8.47. The van der Waals surface area contributed by atoms with E-state index in [0.29, 0.717) is 17.3 Å². The molecule has 1 rings (SSSR count). The number of halogens is 1. The Morgan fingerprint density at radius 2 is 1.94 bits per heavy atom. The van der Waals surface area contributed by atoms with Gasteiger partial charge >= 0.3 is 5.97 Å². The lowest BCUT2D eigenvalue weighted by Gasteiger charge is -2.14. The van der Waals surface area contributed by atoms with E-state index in [0.717, 1.165) is 0 Å². The standard InChI is InChI=1S/C12H15ClN2O3/c1-15(7-6-12(17)18)8-11(16)14-10-4-2-9(13)3-5-10/h2-5H,6-8H2,1H3,(H,14,16)(H,17,18). The lowest BCUT2D eigenvalue weighted by Crippen LogP contribution is -2.31. The van der Waals surface area contributed by atoms with Gasteiger partial charge in [-0.3, -0.25) is 14.5 Å². The third-order valence-electron chi connectivity index (χ3n) is 2.25. The Morgan fingerprint density at radius 1 is 1.33 bits per heavy atom. The van der Waals surface area contributed by atoms with E-state index in [1.807, 2.05) is 0 Å². The highest BCUT2D eigenvalue weighted by atomic mass is 35.5. The van der Waals surface area contributed by atoms with E-state index in [-0.39, 0.29) is 18.9 Å². The van der Waals surface area contributed by atoms with Gasteiger partial charge < -0.3 is 10.4 Å². The molecule has 0 aliphatic rings. The monoisotopic (exact) mass is 270 g/mol. The van der Waals surface area contributed by atoms with Crippen LogP contribution < -0.4 is 5.32 Å². The highest BCUT2D eigenvalue weighted by Gasteiger charge is 2.08. The van der Waals surface area contributed by atoms with Gasteiger partial charge in [-0.15, -0.1) is 0 Å². The van der Waals surface area contributed by atoms with Crippen LogP contribution in [-0.2, 0) is 9.59 Å². The number of carbonyl (C=O) groups is 2. The van der Waals surface area contributed by atoms with Gasteiger partial charge in [0.1, 0.15) is 0 Å². The summed E-state index contributed by atoms with van der Waals surface area (Å²) in [7, 11) is 1.70. The van der Waals surface area contributed by atoms with Gasteiger partial charge in [0, 0.05) is 17.3 Å². The van der Waals surface area contributed by atoms with Crippen LogP contribution in [0.5, 0.6) is 0 Å². The summed E-state index contributed by atoms with van der Waals surface area (Å²) in [6.07, 6.45) is 0.0186. The molecule has 0 saturated carbocycles. The first kappa shape index (κ1) is 14.5. The van der Waals surface area contributed by atoms with Crippen molar-refractivity contribution >= 4 is 29.2 Å². The van der Waals surface area contributed by atoms with Crippen LogP contribution in [0, 0.1) is 0 Å². The van der Waals surface area contributed by atoms with Crippen molar-refractivity contribution in [2.45, 2.75) is 6.42 Å². The Kier molecular flexibility index (Phi) is 5.61. The summed E-state index contributed by atoms with van der Waals surface area (Å²) < 4.78 is 0. The van der Waals surface area contributed by atoms with Crippen LogP contribution in [0.3, 0.4) is 0 Å². The molecule has 0 atom stereocenters. The zero-order valence-electron chi connectivity index (χ0n) is 10.0. The Balaban J connectivity index is 2.37. The molecule has 2 N–H and O–H groups in total. The number of nitrogens with zero attached hydrogens (tertiary/aromatic N) is 1. The van der Waals surface area contributed by atoms with E-state index in [2.05, 4.69) is 5.32 Å². The van der Waals surface area contributed by atoms with Crippen molar-refractivity contribution in [3.05, 3.63) is 29.3 Å². The molecule has 1 amide bonds. The van der Waals surface area contributed by atoms with Crippen molar-refractivity contribution in [3.63, 3.8) is 0 Å². The van der Waals surface area contributed by atoms with Crippen LogP contribution in [0.4, 0.5) is 5.69 Å². The molecule has 18 heavy (non-hydrogen) atoms. The lowest BCUT2D eigenvalue weighted by molar-refractivity contribution is -0.137. The topological polar surface area (TPSA) is 69.6 Å². The number of benzene rings is 1. The second-order valence-corrected chi connectivity index (χ2v) is 4.37. The predicted molar refractivity (Wildman–Crippen MR) is 69.8 cm³/mol. The molecule has 98 valence electrons. The summed E-state index contributed by atoms with van der Waals surface area (Å²) in [4.78, 5) is 23.6. The van der Waals surface area contributed by atoms with Crippen LogP contribution in [-0.4, -0.2) is 42.0 Å². The molecule has 0 aliphatic heterocycles. The van der Waals surface area contributed by atoms with Gasteiger partial charge in [-0.25, -0.2) is 0 Å². The van der Waals surface area contributed by atoms with Crippen LogP contribution in [0.2, 0.25) is 5.02 Å². The molecule has 1 aromatic carbocycles. The maximum Gasteiger partial charge on any atom is 0.304 e. The average Bonchev–Trinajstić information content (AvgIpc) is 2.29. The number of anilines is 1. The van der Waals surface area contributed by atoms with Gasteiger partial charge in [-0.2, -0.15) is 0 Å². The summed E-state index contributed by atoms with van der Waals surface area (Å²) in [5.41, 5.74) is 0.663. The molecule has 0 aliphatic carbocycles. The fourth-order valence-corrected chi connectivity index (χ4v) is 1.47. The summed E-state index contributed by atoms with van der Waals surface area (Å²) in [6.45, 7) is 0.485. The number of likely N-dealkylation sites (N-methyl/N-ethyl adjacent to an activating group) is 1. The Morgan fingerprint density at radius 3 is 2.50 bits per heavy atom. The number of carboxylic acids is 1. The van der Waals surface area contributed by atoms with Crippen molar-refractivity contribution in [1.29, 1.82) is 0 Å². The molecule has 0 bridgehead atoms. The second kappa shape index (κ2) is 6.98. The highest BCUT2D eigenvalue weighted by Crippen LogP contribution is 2.13. The third-order valence-corrected chi connectivity index (χ3v) is 2.50. The van der Waals surface area contributed by atoms with Crippen molar-refractivity contribution in [2.75, 3.05) is 25.5 Å². The molecule has 6 heteroatoms. The van der Waals surface area contributed by atoms with Crippen molar-refractivity contribution in [1.82, 2.24) is 4.90 Å². The average molecular weight is 271 g/mol. The van der Waals surface area contributed by atoms with Gasteiger partial charge in [0.2, 0.25) is 5.91 Å². The molecule has 0 aromatic heterocycles. The number of hydrogen-bond acceptors (Lipinski definition) is 3. The third kappa shape index (κ3) is 5.65. The van der Waals surface area contributed by atoms with Gasteiger partial charge in [0.25, 0.3) is 0 Å². The zero-order valence-corrected chi connectivity index (χ0v) is 10.8. The van der Waals surface area contributed by atoms with E-state index in [1.54, 1.807) is 36.2 Å². The van der Waals surface area contributed by atoms with Gasteiger partial charge in [0.05, 0.1) is 13.0 Å². The number of carbonyl (C=O) groups excluding carboxylic acids is 1. The molecule has 0 spiro atoms. The molecule has 0 saturated heterocycles. The first-order valence-electron chi connectivity index (χ1n) is 5.43. The Hall–Kier alpha value is -1.59. The number of carboxylic acid groups (broad SMARTS) is 1. The molecule has 0 heterocycles. The summed E-state index contributed by atoms with van der Waals surface area (Å²) in [5, 5.41) is 11.8.